The van der Waals surface area contributed by atoms with E-state index < -0.39 is 6.10 Å². The molecule has 0 spiro atoms. The lowest BCUT2D eigenvalue weighted by Gasteiger charge is -2.26. The summed E-state index contributed by atoms with van der Waals surface area (Å²) in [6, 6.07) is 8.41. The highest BCUT2D eigenvalue weighted by Gasteiger charge is 2.33. The van der Waals surface area contributed by atoms with Crippen molar-refractivity contribution in [3.05, 3.63) is 35.4 Å². The molecule has 1 atom stereocenters. The van der Waals surface area contributed by atoms with E-state index in [4.69, 9.17) is 0 Å². The van der Waals surface area contributed by atoms with Crippen LogP contribution in [-0.2, 0) is 22.4 Å². The number of fused-ring (bicyclic) bond motifs is 1. The molecule has 2 aliphatic rings. The summed E-state index contributed by atoms with van der Waals surface area (Å²) in [6.07, 6.45) is 3.12. The van der Waals surface area contributed by atoms with E-state index in [1.54, 1.807) is 0 Å². The van der Waals surface area contributed by atoms with E-state index in [9.17, 15) is 14.7 Å². The Kier molecular flexibility index (Phi) is 4.90. The van der Waals surface area contributed by atoms with Crippen LogP contribution in [0.5, 0.6) is 0 Å². The second-order valence-corrected chi connectivity index (χ2v) is 7.48. The van der Waals surface area contributed by atoms with Crippen molar-refractivity contribution in [3.8, 4) is 0 Å². The Morgan fingerprint density at radius 1 is 1.29 bits per heavy atom. The van der Waals surface area contributed by atoms with Crippen molar-refractivity contribution in [2.75, 3.05) is 19.6 Å². The minimum absolute atomic E-state index is 0.0294. The Morgan fingerprint density at radius 3 is 2.62 bits per heavy atom. The Balaban J connectivity index is 1.52. The van der Waals surface area contributed by atoms with Gasteiger partial charge >= 0.3 is 0 Å². The van der Waals surface area contributed by atoms with E-state index in [0.29, 0.717) is 19.5 Å². The summed E-state index contributed by atoms with van der Waals surface area (Å²) in [6.45, 7) is 3.38. The van der Waals surface area contributed by atoms with Gasteiger partial charge in [0.1, 0.15) is 6.10 Å². The zero-order chi connectivity index (χ0) is 17.2. The maximum Gasteiger partial charge on any atom is 0.251 e. The highest BCUT2D eigenvalue weighted by Crippen LogP contribution is 2.35. The van der Waals surface area contributed by atoms with E-state index in [-0.39, 0.29) is 23.8 Å². The number of benzene rings is 1. The molecule has 1 fully saturated rings. The lowest BCUT2D eigenvalue weighted by molar-refractivity contribution is -0.142. The summed E-state index contributed by atoms with van der Waals surface area (Å²) < 4.78 is 0. The van der Waals surface area contributed by atoms with Crippen LogP contribution in [0, 0.1) is 5.41 Å². The fourth-order valence-electron chi connectivity index (χ4n) is 3.79. The number of likely N-dealkylation sites (tertiary alicyclic amines) is 1. The molecule has 1 aromatic carbocycles. The lowest BCUT2D eigenvalue weighted by Crippen LogP contribution is -2.46. The van der Waals surface area contributed by atoms with Crippen LogP contribution in [0.3, 0.4) is 0 Å². The summed E-state index contributed by atoms with van der Waals surface area (Å²) in [5, 5.41) is 12.8. The van der Waals surface area contributed by atoms with Crippen molar-refractivity contribution in [2.45, 2.75) is 45.1 Å². The van der Waals surface area contributed by atoms with Crippen LogP contribution in [0.15, 0.2) is 24.3 Å². The van der Waals surface area contributed by atoms with Crippen molar-refractivity contribution in [2.24, 2.45) is 5.41 Å². The van der Waals surface area contributed by atoms with Gasteiger partial charge < -0.3 is 15.3 Å². The topological polar surface area (TPSA) is 69.6 Å². The maximum atomic E-state index is 12.3. The number of carbonyl (C=O) groups excluding carboxylic acids is 2. The molecule has 1 aliphatic carbocycles. The van der Waals surface area contributed by atoms with E-state index >= 15 is 0 Å². The number of rotatable bonds is 4. The molecule has 2 N–H and O–H groups in total. The van der Waals surface area contributed by atoms with Gasteiger partial charge in [0.05, 0.1) is 6.54 Å². The third-order valence-corrected chi connectivity index (χ3v) is 5.15. The molecule has 0 saturated carbocycles. The van der Waals surface area contributed by atoms with Gasteiger partial charge in [-0.25, -0.2) is 0 Å². The third-order valence-electron chi connectivity index (χ3n) is 5.15. The number of hydrogen-bond donors (Lipinski definition) is 2. The summed E-state index contributed by atoms with van der Waals surface area (Å²) in [5.41, 5.74) is 2.75. The van der Waals surface area contributed by atoms with Crippen LogP contribution >= 0.6 is 0 Å². The molecule has 5 heteroatoms. The third kappa shape index (κ3) is 3.78. The normalized spacial score (nSPS) is 22.8. The molecular formula is C19H26N2O3. The molecule has 3 rings (SSSR count). The van der Waals surface area contributed by atoms with E-state index in [1.807, 2.05) is 0 Å². The highest BCUT2D eigenvalue weighted by atomic mass is 16.3. The zero-order valence-corrected chi connectivity index (χ0v) is 14.3. The molecule has 1 unspecified atom stereocenters. The van der Waals surface area contributed by atoms with Gasteiger partial charge in [-0.15, -0.1) is 0 Å². The number of nitrogens with one attached hydrogen (secondary N) is 1. The monoisotopic (exact) mass is 330 g/mol. The number of nitrogens with zero attached hydrogens (tertiary/aromatic N) is 1. The fraction of sp³-hybridized carbons (Fsp3) is 0.579. The molecule has 1 saturated heterocycles. The number of aliphatic hydroxyl groups is 1. The van der Waals surface area contributed by atoms with Gasteiger partial charge in [-0.05, 0) is 48.6 Å². The summed E-state index contributed by atoms with van der Waals surface area (Å²) in [7, 11) is 0. The van der Waals surface area contributed by atoms with E-state index in [0.717, 1.165) is 25.7 Å². The molecule has 1 aromatic rings. The minimum Gasteiger partial charge on any atom is -0.383 e. The second-order valence-electron chi connectivity index (χ2n) is 7.48. The quantitative estimate of drug-likeness (QED) is 0.874. The summed E-state index contributed by atoms with van der Waals surface area (Å²) >= 11 is 0. The molecule has 1 heterocycles. The molecule has 0 radical (unpaired) electrons. The number of carbonyl (C=O) groups is 2. The first-order valence-electron chi connectivity index (χ1n) is 8.77. The minimum atomic E-state index is -0.956. The number of aliphatic hydroxyl groups excluding tert-OH is 1. The Bertz CT molecular complexity index is 604. The van der Waals surface area contributed by atoms with Gasteiger partial charge in [0.15, 0.2) is 0 Å². The van der Waals surface area contributed by atoms with E-state index in [2.05, 4.69) is 36.5 Å². The van der Waals surface area contributed by atoms with Gasteiger partial charge in [-0.3, -0.25) is 9.59 Å². The first-order chi connectivity index (χ1) is 11.5. The van der Waals surface area contributed by atoms with Crippen LogP contribution in [0.25, 0.3) is 0 Å². The van der Waals surface area contributed by atoms with Crippen molar-refractivity contribution in [1.82, 2.24) is 10.2 Å². The van der Waals surface area contributed by atoms with Crippen LogP contribution in [-0.4, -0.2) is 47.6 Å². The maximum absolute atomic E-state index is 12.3. The van der Waals surface area contributed by atoms with E-state index in [1.165, 1.54) is 16.0 Å². The molecule has 0 bridgehead atoms. The highest BCUT2D eigenvalue weighted by molar-refractivity contribution is 5.87. The molecule has 130 valence electrons. The standard InChI is InChI=1S/C19H26N2O3/c1-19(10-14-6-2-3-7-15(14)11-19)13-20-17(23)12-21-9-5-4-8-16(22)18(21)24/h2-3,6-7,16,22H,4-5,8-13H2,1H3,(H,20,23). The average Bonchev–Trinajstić information content (AvgIpc) is 2.83. The van der Waals surface area contributed by atoms with Gasteiger partial charge in [0.25, 0.3) is 5.91 Å². The predicted molar refractivity (Wildman–Crippen MR) is 91.4 cm³/mol. The molecule has 24 heavy (non-hydrogen) atoms. The Morgan fingerprint density at radius 2 is 1.96 bits per heavy atom. The van der Waals surface area contributed by atoms with Crippen LogP contribution in [0.2, 0.25) is 0 Å². The first kappa shape index (κ1) is 17.0. The predicted octanol–water partition coefficient (Wildman–Crippen LogP) is 1.28. The molecule has 0 aromatic heterocycles. The lowest BCUT2D eigenvalue weighted by atomic mass is 9.87. The van der Waals surface area contributed by atoms with Crippen LogP contribution < -0.4 is 5.32 Å². The first-order valence-corrected chi connectivity index (χ1v) is 8.77. The summed E-state index contributed by atoms with van der Waals surface area (Å²) in [5.74, 6) is -0.461. The van der Waals surface area contributed by atoms with Crippen molar-refractivity contribution in [1.29, 1.82) is 0 Å². The second kappa shape index (κ2) is 6.93. The van der Waals surface area contributed by atoms with Gasteiger partial charge in [-0.1, -0.05) is 31.2 Å². The average molecular weight is 330 g/mol. The van der Waals surface area contributed by atoms with Crippen molar-refractivity contribution >= 4 is 11.8 Å². The van der Waals surface area contributed by atoms with Gasteiger partial charge in [-0.2, -0.15) is 0 Å². The molecular weight excluding hydrogens is 304 g/mol. The number of hydrogen-bond acceptors (Lipinski definition) is 3. The van der Waals surface area contributed by atoms with Crippen LogP contribution in [0.4, 0.5) is 0 Å². The largest absolute Gasteiger partial charge is 0.383 e. The summed E-state index contributed by atoms with van der Waals surface area (Å²) in [4.78, 5) is 25.8. The smallest absolute Gasteiger partial charge is 0.251 e. The molecule has 5 nitrogen and oxygen atoms in total. The van der Waals surface area contributed by atoms with Gasteiger partial charge in [0, 0.05) is 13.1 Å². The Hall–Kier alpha value is -1.88. The SMILES string of the molecule is CC1(CNC(=O)CN2CCCCC(O)C2=O)Cc2ccccc2C1. The molecule has 2 amide bonds. The van der Waals surface area contributed by atoms with Crippen molar-refractivity contribution < 1.29 is 14.7 Å². The zero-order valence-electron chi connectivity index (χ0n) is 14.3. The van der Waals surface area contributed by atoms with Gasteiger partial charge in [0.2, 0.25) is 5.91 Å². The fourth-order valence-corrected chi connectivity index (χ4v) is 3.79. The Labute approximate surface area is 143 Å². The molecule has 1 aliphatic heterocycles. The number of amides is 2. The van der Waals surface area contributed by atoms with Crippen LogP contribution in [0.1, 0.15) is 37.3 Å². The van der Waals surface area contributed by atoms with Crippen molar-refractivity contribution in [3.63, 3.8) is 0 Å².